The number of aliphatic hydroxyl groups is 1. The van der Waals surface area contributed by atoms with Crippen molar-refractivity contribution in [2.24, 2.45) is 0 Å². The third-order valence-electron chi connectivity index (χ3n) is 8.93. The molecule has 10 nitrogen and oxygen atoms in total. The van der Waals surface area contributed by atoms with E-state index in [9.17, 15) is 14.1 Å². The maximum Gasteiger partial charge on any atom is 0.328 e. The molecular weight excluding hydrogens is 663 g/mol. The average molecular weight is 698 g/mol. The molecule has 0 spiro atoms. The van der Waals surface area contributed by atoms with E-state index >= 15 is 0 Å². The van der Waals surface area contributed by atoms with Crippen LogP contribution in [0.2, 0.25) is 15.1 Å². The first-order chi connectivity index (χ1) is 21.6. The fourth-order valence-corrected chi connectivity index (χ4v) is 7.65. The minimum atomic E-state index is -2.38. The lowest BCUT2D eigenvalue weighted by Gasteiger charge is -2.51. The molecule has 2 heterocycles. The molecule has 242 valence electrons. The normalized spacial score (nSPS) is 22.5. The Hall–Kier alpha value is -2.38. The first kappa shape index (κ1) is 32.6. The van der Waals surface area contributed by atoms with Crippen LogP contribution in [0.4, 0.5) is 4.79 Å². The molecular formula is C31H35Cl3N4O6S. The number of likely N-dealkylation sites (tertiary alicyclic amines) is 1. The Morgan fingerprint density at radius 3 is 2.36 bits per heavy atom. The van der Waals surface area contributed by atoms with Gasteiger partial charge in [-0.2, -0.15) is 0 Å². The van der Waals surface area contributed by atoms with Gasteiger partial charge in [0.05, 0.1) is 20.6 Å². The first-order valence-electron chi connectivity index (χ1n) is 15.1. The Labute approximate surface area is 279 Å². The number of amides is 2. The number of carbonyl (C=O) groups excluding carboxylic acids is 1. The minimum absolute atomic E-state index is 0.0343. The molecule has 0 bridgehead atoms. The number of nitrogens with one attached hydrogen (secondary N) is 2. The van der Waals surface area contributed by atoms with E-state index in [0.29, 0.717) is 62.7 Å². The quantitative estimate of drug-likeness (QED) is 0.180. The standard InChI is InChI=1S/C31H35Cl3N4O6S/c32-24-8-3-9-25(33)27(24)28-22(29(44-36-28)18-10-11-18)15-43-21-12-13-23(26(34)14-21)31(40)16-38(17-31)20-6-1-4-19(5-2-7-20)35-30(39)37-45(41)42/h3,8-9,12-14,18-20,40H,1-2,4-7,10-11,15-17H2,(H,41,42)(H2,35,37,39). The largest absolute Gasteiger partial charge is 0.489 e. The predicted molar refractivity (Wildman–Crippen MR) is 173 cm³/mol. The smallest absolute Gasteiger partial charge is 0.328 e. The van der Waals surface area contributed by atoms with Gasteiger partial charge in [0.15, 0.2) is 0 Å². The van der Waals surface area contributed by atoms with E-state index in [1.54, 1.807) is 24.3 Å². The molecule has 2 aromatic carbocycles. The summed E-state index contributed by atoms with van der Waals surface area (Å²) < 4.78 is 33.5. The highest BCUT2D eigenvalue weighted by Gasteiger charge is 2.46. The SMILES string of the molecule is O=C(NC1CCCC(N2CC(O)(c3ccc(OCc4c(-c5c(Cl)cccc5Cl)noc4C4CC4)cc3Cl)C2)CCC1)NS(=O)O. The number of benzene rings is 2. The van der Waals surface area contributed by atoms with Crippen molar-refractivity contribution in [2.75, 3.05) is 13.1 Å². The minimum Gasteiger partial charge on any atom is -0.489 e. The topological polar surface area (TPSA) is 137 Å². The molecule has 4 N–H and O–H groups in total. The third kappa shape index (κ3) is 7.45. The van der Waals surface area contributed by atoms with Crippen LogP contribution in [0.25, 0.3) is 11.3 Å². The zero-order chi connectivity index (χ0) is 31.7. The van der Waals surface area contributed by atoms with Crippen molar-refractivity contribution in [2.45, 2.75) is 81.6 Å². The lowest BCUT2D eigenvalue weighted by atomic mass is 9.82. The maximum absolute atomic E-state index is 11.8. The molecule has 2 amide bonds. The van der Waals surface area contributed by atoms with Gasteiger partial charge in [-0.05, 0) is 75.6 Å². The molecule has 1 aliphatic heterocycles. The summed E-state index contributed by atoms with van der Waals surface area (Å²) in [5.74, 6) is 1.65. The van der Waals surface area contributed by atoms with Crippen molar-refractivity contribution in [1.29, 1.82) is 0 Å². The number of hydrogen-bond donors (Lipinski definition) is 4. The Kier molecular flexibility index (Phi) is 9.96. The van der Waals surface area contributed by atoms with E-state index in [2.05, 4.69) is 15.4 Å². The number of halogens is 3. The van der Waals surface area contributed by atoms with E-state index < -0.39 is 22.9 Å². The Morgan fingerprint density at radius 2 is 1.73 bits per heavy atom. The average Bonchev–Trinajstić information content (AvgIpc) is 3.71. The maximum atomic E-state index is 11.8. The van der Waals surface area contributed by atoms with Gasteiger partial charge in [-0.15, -0.1) is 0 Å². The second kappa shape index (κ2) is 13.8. The lowest BCUT2D eigenvalue weighted by Crippen LogP contribution is -2.62. The van der Waals surface area contributed by atoms with Crippen molar-refractivity contribution in [3.05, 3.63) is 68.4 Å². The second-order valence-corrected chi connectivity index (χ2v) is 14.1. The summed E-state index contributed by atoms with van der Waals surface area (Å²) in [6.07, 6.45) is 7.32. The van der Waals surface area contributed by atoms with E-state index in [1.165, 1.54) is 0 Å². The molecule has 1 atom stereocenters. The summed E-state index contributed by atoms with van der Waals surface area (Å²) in [5.41, 5.74) is 1.62. The van der Waals surface area contributed by atoms with Crippen LogP contribution in [0.3, 0.4) is 0 Å². The molecule has 3 aliphatic rings. The van der Waals surface area contributed by atoms with Crippen LogP contribution < -0.4 is 14.8 Å². The number of hydrogen-bond acceptors (Lipinski definition) is 7. The van der Waals surface area contributed by atoms with Gasteiger partial charge in [-0.25, -0.2) is 13.7 Å². The summed E-state index contributed by atoms with van der Waals surface area (Å²) in [4.78, 5) is 14.1. The lowest BCUT2D eigenvalue weighted by molar-refractivity contribution is -0.124. The highest BCUT2D eigenvalue weighted by molar-refractivity contribution is 7.77. The van der Waals surface area contributed by atoms with Gasteiger partial charge in [-0.1, -0.05) is 52.1 Å². The number of aromatic nitrogens is 1. The number of ether oxygens (including phenoxy) is 1. The Bertz CT molecular complexity index is 1550. The summed E-state index contributed by atoms with van der Waals surface area (Å²) in [5, 5.41) is 20.0. The number of rotatable bonds is 9. The van der Waals surface area contributed by atoms with Crippen LogP contribution in [-0.2, 0) is 23.5 Å². The summed E-state index contributed by atoms with van der Waals surface area (Å²) in [7, 11) is 0. The number of urea groups is 1. The fraction of sp³-hybridized carbons (Fsp3) is 0.484. The Balaban J connectivity index is 1.06. The van der Waals surface area contributed by atoms with Crippen LogP contribution in [0.15, 0.2) is 40.9 Å². The molecule has 2 saturated carbocycles. The van der Waals surface area contributed by atoms with Gasteiger partial charge in [0.25, 0.3) is 11.3 Å². The van der Waals surface area contributed by atoms with E-state index in [4.69, 9.17) is 48.6 Å². The van der Waals surface area contributed by atoms with Crippen LogP contribution in [0.5, 0.6) is 5.75 Å². The van der Waals surface area contributed by atoms with Crippen LogP contribution >= 0.6 is 34.8 Å². The van der Waals surface area contributed by atoms with Gasteiger partial charge >= 0.3 is 6.03 Å². The van der Waals surface area contributed by atoms with Crippen LogP contribution in [0.1, 0.15) is 74.2 Å². The van der Waals surface area contributed by atoms with E-state index in [1.807, 2.05) is 16.9 Å². The van der Waals surface area contributed by atoms with Crippen molar-refractivity contribution < 1.29 is 27.9 Å². The summed E-state index contributed by atoms with van der Waals surface area (Å²) in [6, 6.07) is 10.4. The molecule has 0 radical (unpaired) electrons. The second-order valence-electron chi connectivity index (χ2n) is 12.1. The van der Waals surface area contributed by atoms with Crippen molar-refractivity contribution in [3.63, 3.8) is 0 Å². The van der Waals surface area contributed by atoms with Gasteiger partial charge in [0, 0.05) is 42.2 Å². The van der Waals surface area contributed by atoms with E-state index in [-0.39, 0.29) is 12.6 Å². The highest BCUT2D eigenvalue weighted by Crippen LogP contribution is 2.46. The molecule has 45 heavy (non-hydrogen) atoms. The number of carbonyl (C=O) groups is 1. The van der Waals surface area contributed by atoms with Gasteiger partial charge in [0.1, 0.15) is 29.4 Å². The van der Waals surface area contributed by atoms with Crippen molar-refractivity contribution in [1.82, 2.24) is 20.1 Å². The van der Waals surface area contributed by atoms with Gasteiger partial charge < -0.3 is 19.7 Å². The molecule has 14 heteroatoms. The molecule has 1 aromatic heterocycles. The zero-order valence-corrected chi connectivity index (χ0v) is 27.5. The number of nitrogens with zero attached hydrogens (tertiary/aromatic N) is 2. The predicted octanol–water partition coefficient (Wildman–Crippen LogP) is 6.79. The molecule has 6 rings (SSSR count). The van der Waals surface area contributed by atoms with Gasteiger partial charge in [0.2, 0.25) is 0 Å². The van der Waals surface area contributed by atoms with Gasteiger partial charge in [-0.3, -0.25) is 9.45 Å². The van der Waals surface area contributed by atoms with E-state index in [0.717, 1.165) is 62.7 Å². The molecule has 3 aromatic rings. The highest BCUT2D eigenvalue weighted by atomic mass is 35.5. The zero-order valence-electron chi connectivity index (χ0n) is 24.4. The molecule has 2 aliphatic carbocycles. The first-order valence-corrected chi connectivity index (χ1v) is 17.4. The molecule has 1 saturated heterocycles. The van der Waals surface area contributed by atoms with Crippen molar-refractivity contribution in [3.8, 4) is 17.0 Å². The van der Waals surface area contributed by atoms with Crippen LogP contribution in [-0.4, -0.2) is 55.1 Å². The number of β-amino-alcohol motifs (C(OH)–C–C–N with tert-alkyl or cyclic N) is 1. The summed E-state index contributed by atoms with van der Waals surface area (Å²) in [6.45, 7) is 1.17. The fourth-order valence-electron chi connectivity index (χ4n) is 6.51. The van der Waals surface area contributed by atoms with Crippen molar-refractivity contribution >= 4 is 52.1 Å². The molecule has 1 unspecified atom stereocenters. The summed E-state index contributed by atoms with van der Waals surface area (Å²) >= 11 is 17.3. The van der Waals surface area contributed by atoms with Crippen LogP contribution in [0, 0.1) is 0 Å². The Morgan fingerprint density at radius 1 is 1.04 bits per heavy atom. The third-order valence-corrected chi connectivity index (χ3v) is 10.2. The molecule has 3 fully saturated rings. The monoisotopic (exact) mass is 696 g/mol.